The molecule has 24 heavy (non-hydrogen) atoms. The highest BCUT2D eigenvalue weighted by atomic mass is 35.5. The minimum absolute atomic E-state index is 0.251. The summed E-state index contributed by atoms with van der Waals surface area (Å²) in [5.74, 6) is -0.676. The van der Waals surface area contributed by atoms with Crippen LogP contribution in [0.5, 0.6) is 0 Å². The quantitative estimate of drug-likeness (QED) is 0.789. The van der Waals surface area contributed by atoms with E-state index in [1.54, 1.807) is 31.3 Å². The Morgan fingerprint density at radius 3 is 2.29 bits per heavy atom. The SMILES string of the molecule is C[C@H](C(=O)N(C)Cc1ccccc1)S(=O)(=O)Cc1ccccc1Cl. The van der Waals surface area contributed by atoms with Gasteiger partial charge in [0.05, 0.1) is 5.75 Å². The van der Waals surface area contributed by atoms with Crippen LogP contribution in [-0.2, 0) is 26.9 Å². The zero-order valence-corrected chi connectivity index (χ0v) is 15.2. The van der Waals surface area contributed by atoms with E-state index in [9.17, 15) is 13.2 Å². The Balaban J connectivity index is 2.09. The van der Waals surface area contributed by atoms with Crippen molar-refractivity contribution < 1.29 is 13.2 Å². The van der Waals surface area contributed by atoms with Crippen LogP contribution in [0.4, 0.5) is 0 Å². The van der Waals surface area contributed by atoms with E-state index in [2.05, 4.69) is 0 Å². The molecule has 0 saturated carbocycles. The van der Waals surface area contributed by atoms with Gasteiger partial charge in [-0.25, -0.2) is 8.42 Å². The van der Waals surface area contributed by atoms with Crippen molar-refractivity contribution in [3.8, 4) is 0 Å². The summed E-state index contributed by atoms with van der Waals surface area (Å²) in [4.78, 5) is 13.9. The minimum Gasteiger partial charge on any atom is -0.340 e. The number of hydrogen-bond acceptors (Lipinski definition) is 3. The number of carbonyl (C=O) groups excluding carboxylic acids is 1. The molecule has 0 bridgehead atoms. The highest BCUT2D eigenvalue weighted by Gasteiger charge is 2.30. The van der Waals surface area contributed by atoms with Crippen molar-refractivity contribution in [3.05, 3.63) is 70.7 Å². The molecule has 0 aliphatic carbocycles. The monoisotopic (exact) mass is 365 g/mol. The van der Waals surface area contributed by atoms with Crippen LogP contribution in [0.3, 0.4) is 0 Å². The van der Waals surface area contributed by atoms with Gasteiger partial charge in [-0.05, 0) is 24.1 Å². The molecule has 0 fully saturated rings. The molecule has 2 aromatic carbocycles. The van der Waals surface area contributed by atoms with Crippen molar-refractivity contribution in [1.82, 2.24) is 4.90 Å². The molecule has 0 aliphatic heterocycles. The Morgan fingerprint density at radius 2 is 1.67 bits per heavy atom. The molecule has 2 rings (SSSR count). The fourth-order valence-corrected chi connectivity index (χ4v) is 4.06. The van der Waals surface area contributed by atoms with Gasteiger partial charge < -0.3 is 4.90 Å². The Bertz CT molecular complexity index is 806. The lowest BCUT2D eigenvalue weighted by Gasteiger charge is -2.22. The molecule has 0 radical (unpaired) electrons. The zero-order valence-electron chi connectivity index (χ0n) is 13.6. The smallest absolute Gasteiger partial charge is 0.240 e. The molecular formula is C18H20ClNO3S. The normalized spacial score (nSPS) is 12.6. The van der Waals surface area contributed by atoms with E-state index in [1.807, 2.05) is 30.3 Å². The van der Waals surface area contributed by atoms with Gasteiger partial charge in [0.15, 0.2) is 9.84 Å². The number of benzene rings is 2. The zero-order chi connectivity index (χ0) is 17.7. The summed E-state index contributed by atoms with van der Waals surface area (Å²) in [5.41, 5.74) is 1.45. The van der Waals surface area contributed by atoms with Gasteiger partial charge in [-0.3, -0.25) is 4.79 Å². The summed E-state index contributed by atoms with van der Waals surface area (Å²) in [6, 6.07) is 16.2. The maximum Gasteiger partial charge on any atom is 0.240 e. The summed E-state index contributed by atoms with van der Waals surface area (Å²) in [5, 5.41) is -0.735. The van der Waals surface area contributed by atoms with Gasteiger partial charge in [0.25, 0.3) is 0 Å². The molecule has 2 aromatic rings. The lowest BCUT2D eigenvalue weighted by molar-refractivity contribution is -0.129. The average molecular weight is 366 g/mol. The Hall–Kier alpha value is -1.85. The molecule has 0 aromatic heterocycles. The third kappa shape index (κ3) is 4.58. The second-order valence-electron chi connectivity index (χ2n) is 5.72. The maximum absolute atomic E-state index is 12.5. The summed E-state index contributed by atoms with van der Waals surface area (Å²) in [7, 11) is -2.04. The Kier molecular flexibility index (Phi) is 6.02. The topological polar surface area (TPSA) is 54.5 Å². The second kappa shape index (κ2) is 7.81. The van der Waals surface area contributed by atoms with Gasteiger partial charge in [-0.1, -0.05) is 60.1 Å². The summed E-state index contributed by atoms with van der Waals surface area (Å²) in [6.45, 7) is 1.79. The molecular weight excluding hydrogens is 346 g/mol. The van der Waals surface area contributed by atoms with Crippen molar-refractivity contribution >= 4 is 27.3 Å². The highest BCUT2D eigenvalue weighted by molar-refractivity contribution is 7.92. The van der Waals surface area contributed by atoms with Gasteiger partial charge in [0, 0.05) is 18.6 Å². The number of amides is 1. The lowest BCUT2D eigenvalue weighted by atomic mass is 10.2. The van der Waals surface area contributed by atoms with Crippen LogP contribution in [0.15, 0.2) is 54.6 Å². The van der Waals surface area contributed by atoms with E-state index in [0.29, 0.717) is 17.1 Å². The van der Waals surface area contributed by atoms with Crippen molar-refractivity contribution in [3.63, 3.8) is 0 Å². The molecule has 128 valence electrons. The highest BCUT2D eigenvalue weighted by Crippen LogP contribution is 2.20. The summed E-state index contributed by atoms with van der Waals surface area (Å²) in [6.07, 6.45) is 0. The molecule has 6 heteroatoms. The van der Waals surface area contributed by atoms with Crippen LogP contribution in [0.1, 0.15) is 18.1 Å². The largest absolute Gasteiger partial charge is 0.340 e. The summed E-state index contributed by atoms with van der Waals surface area (Å²) >= 11 is 6.02. The molecule has 0 spiro atoms. The molecule has 0 aliphatic rings. The van der Waals surface area contributed by atoms with E-state index < -0.39 is 21.0 Å². The number of rotatable bonds is 6. The van der Waals surface area contributed by atoms with Crippen molar-refractivity contribution in [2.45, 2.75) is 24.5 Å². The third-order valence-corrected chi connectivity index (χ3v) is 6.20. The number of sulfone groups is 1. The first-order valence-corrected chi connectivity index (χ1v) is 9.64. The average Bonchev–Trinajstić information content (AvgIpc) is 2.56. The Labute approximate surface area is 148 Å². The first-order chi connectivity index (χ1) is 11.3. The van der Waals surface area contributed by atoms with Gasteiger partial charge in [-0.2, -0.15) is 0 Å². The number of hydrogen-bond donors (Lipinski definition) is 0. The molecule has 1 amide bonds. The van der Waals surface area contributed by atoms with Crippen LogP contribution in [0.2, 0.25) is 5.02 Å². The van der Waals surface area contributed by atoms with E-state index >= 15 is 0 Å². The van der Waals surface area contributed by atoms with Gasteiger partial charge in [0.1, 0.15) is 5.25 Å². The second-order valence-corrected chi connectivity index (χ2v) is 8.45. The van der Waals surface area contributed by atoms with E-state index in [4.69, 9.17) is 11.6 Å². The lowest BCUT2D eigenvalue weighted by Crippen LogP contribution is -2.39. The molecule has 4 nitrogen and oxygen atoms in total. The van der Waals surface area contributed by atoms with Crippen molar-refractivity contribution in [2.24, 2.45) is 0 Å². The van der Waals surface area contributed by atoms with E-state index in [-0.39, 0.29) is 5.75 Å². The predicted molar refractivity (Wildman–Crippen MR) is 96.5 cm³/mol. The number of halogens is 1. The van der Waals surface area contributed by atoms with Crippen LogP contribution >= 0.6 is 11.6 Å². The first-order valence-electron chi connectivity index (χ1n) is 7.55. The number of nitrogens with zero attached hydrogens (tertiary/aromatic N) is 1. The van der Waals surface area contributed by atoms with Crippen LogP contribution in [-0.4, -0.2) is 31.5 Å². The van der Waals surface area contributed by atoms with Crippen LogP contribution < -0.4 is 0 Å². The molecule has 0 saturated heterocycles. The van der Waals surface area contributed by atoms with Gasteiger partial charge >= 0.3 is 0 Å². The Morgan fingerprint density at radius 1 is 1.08 bits per heavy atom. The minimum atomic E-state index is -3.65. The van der Waals surface area contributed by atoms with Crippen molar-refractivity contribution in [2.75, 3.05) is 7.05 Å². The fraction of sp³-hybridized carbons (Fsp3) is 0.278. The molecule has 0 N–H and O–H groups in total. The van der Waals surface area contributed by atoms with Crippen LogP contribution in [0, 0.1) is 0 Å². The van der Waals surface area contributed by atoms with E-state index in [1.165, 1.54) is 11.8 Å². The molecule has 1 atom stereocenters. The predicted octanol–water partition coefficient (Wildman–Crippen LogP) is 3.30. The fourth-order valence-electron chi connectivity index (χ4n) is 2.36. The summed E-state index contributed by atoms with van der Waals surface area (Å²) < 4.78 is 25.1. The standard InChI is InChI=1S/C18H20ClNO3S/c1-14(18(21)20(2)12-15-8-4-3-5-9-15)24(22,23)13-16-10-6-7-11-17(16)19/h3-11,14H,12-13H2,1-2H3/t14-/m1/s1. The first kappa shape index (κ1) is 18.5. The third-order valence-electron chi connectivity index (χ3n) is 3.84. The van der Waals surface area contributed by atoms with E-state index in [0.717, 1.165) is 5.56 Å². The van der Waals surface area contributed by atoms with Crippen LogP contribution in [0.25, 0.3) is 0 Å². The number of carbonyl (C=O) groups is 1. The van der Waals surface area contributed by atoms with Crippen molar-refractivity contribution in [1.29, 1.82) is 0 Å². The molecule has 0 heterocycles. The maximum atomic E-state index is 12.5. The van der Waals surface area contributed by atoms with Gasteiger partial charge in [0.2, 0.25) is 5.91 Å². The molecule has 0 unspecified atom stereocenters. The van der Waals surface area contributed by atoms with Gasteiger partial charge in [-0.15, -0.1) is 0 Å².